The maximum absolute atomic E-state index is 5.61. The maximum Gasteiger partial charge on any atom is 0.229 e. The van der Waals surface area contributed by atoms with Crippen molar-refractivity contribution in [1.29, 1.82) is 0 Å². The molecule has 1 saturated heterocycles. The predicted octanol–water partition coefficient (Wildman–Crippen LogP) is 1.36. The van der Waals surface area contributed by atoms with Gasteiger partial charge in [-0.3, -0.25) is 4.90 Å². The van der Waals surface area contributed by atoms with Gasteiger partial charge in [-0.1, -0.05) is 30.3 Å². The normalized spacial score (nSPS) is 21.4. The first-order valence-corrected chi connectivity index (χ1v) is 6.79. The highest BCUT2D eigenvalue weighted by atomic mass is 16.7. The Kier molecular flexibility index (Phi) is 4.01. The molecule has 0 aliphatic carbocycles. The van der Waals surface area contributed by atoms with Crippen molar-refractivity contribution in [3.63, 3.8) is 0 Å². The van der Waals surface area contributed by atoms with Crippen LogP contribution in [0.15, 0.2) is 42.4 Å². The molecule has 0 saturated carbocycles. The van der Waals surface area contributed by atoms with Crippen LogP contribution in [0.2, 0.25) is 0 Å². The van der Waals surface area contributed by atoms with Crippen LogP contribution in [0.1, 0.15) is 5.56 Å². The van der Waals surface area contributed by atoms with Crippen LogP contribution in [0, 0.1) is 0 Å². The van der Waals surface area contributed by atoms with Crippen molar-refractivity contribution in [1.82, 2.24) is 10.2 Å². The molecule has 4 nitrogen and oxygen atoms in total. The van der Waals surface area contributed by atoms with Crippen molar-refractivity contribution in [2.45, 2.75) is 12.5 Å². The Morgan fingerprint density at radius 2 is 1.95 bits per heavy atom. The van der Waals surface area contributed by atoms with Crippen molar-refractivity contribution in [2.24, 2.45) is 0 Å². The van der Waals surface area contributed by atoms with Crippen molar-refractivity contribution < 1.29 is 9.47 Å². The van der Waals surface area contributed by atoms with Crippen molar-refractivity contribution in [2.75, 3.05) is 33.0 Å². The third-order valence-electron chi connectivity index (χ3n) is 3.62. The van der Waals surface area contributed by atoms with E-state index in [-0.39, 0.29) is 6.04 Å². The molecule has 1 radical (unpaired) electrons. The molecule has 0 N–H and O–H groups in total. The Hall–Kier alpha value is -1.52. The summed E-state index contributed by atoms with van der Waals surface area (Å²) in [5, 5.41) is 4.41. The summed E-state index contributed by atoms with van der Waals surface area (Å²) in [6.07, 6.45) is 2.72. The molecule has 1 atom stereocenters. The minimum absolute atomic E-state index is 0.264. The molecule has 0 amide bonds. The fourth-order valence-electron chi connectivity index (χ4n) is 2.61. The van der Waals surface area contributed by atoms with E-state index in [1.165, 1.54) is 5.56 Å². The number of hydrogen-bond donors (Lipinski definition) is 0. The summed E-state index contributed by atoms with van der Waals surface area (Å²) in [4.78, 5) is 2.44. The molecule has 19 heavy (non-hydrogen) atoms. The zero-order valence-electron chi connectivity index (χ0n) is 11.0. The SMILES string of the molecule is C1=C(C(Cc2ccccc2)N2CC[N]CC2)OCO1. The van der Waals surface area contributed by atoms with E-state index in [4.69, 9.17) is 9.47 Å². The van der Waals surface area contributed by atoms with Crippen LogP contribution in [0.5, 0.6) is 0 Å². The predicted molar refractivity (Wildman–Crippen MR) is 72.5 cm³/mol. The lowest BCUT2D eigenvalue weighted by Gasteiger charge is -2.34. The molecule has 1 aromatic rings. The van der Waals surface area contributed by atoms with E-state index in [1.807, 2.05) is 6.07 Å². The highest BCUT2D eigenvalue weighted by Crippen LogP contribution is 2.21. The van der Waals surface area contributed by atoms with Crippen LogP contribution < -0.4 is 5.32 Å². The van der Waals surface area contributed by atoms with Crippen LogP contribution in [0.25, 0.3) is 0 Å². The average molecular weight is 259 g/mol. The third-order valence-corrected chi connectivity index (χ3v) is 3.62. The Balaban J connectivity index is 1.75. The van der Waals surface area contributed by atoms with Crippen molar-refractivity contribution in [3.8, 4) is 0 Å². The van der Waals surface area contributed by atoms with E-state index in [2.05, 4.69) is 34.5 Å². The standard InChI is InChI=1S/C15H19N2O2/c1-2-4-13(5-3-1)10-14(15-11-18-12-19-15)17-8-6-16-7-9-17/h1-5,11,14H,6-10,12H2. The summed E-state index contributed by atoms with van der Waals surface area (Å²) >= 11 is 0. The average Bonchev–Trinajstić information content (AvgIpc) is 3.01. The molecular formula is C15H19N2O2. The van der Waals surface area contributed by atoms with Gasteiger partial charge in [-0.25, -0.2) is 5.32 Å². The number of benzene rings is 1. The van der Waals surface area contributed by atoms with Gasteiger partial charge in [0.15, 0.2) is 5.76 Å². The number of hydrogen-bond acceptors (Lipinski definition) is 3. The van der Waals surface area contributed by atoms with E-state index >= 15 is 0 Å². The number of rotatable bonds is 4. The van der Waals surface area contributed by atoms with E-state index < -0.39 is 0 Å². The summed E-state index contributed by atoms with van der Waals surface area (Å²) in [5.74, 6) is 0.950. The van der Waals surface area contributed by atoms with E-state index in [0.717, 1.165) is 38.4 Å². The zero-order chi connectivity index (χ0) is 12.9. The highest BCUT2D eigenvalue weighted by molar-refractivity contribution is 5.19. The molecule has 1 unspecified atom stereocenters. The molecule has 2 heterocycles. The van der Waals surface area contributed by atoms with Crippen LogP contribution in [-0.2, 0) is 15.9 Å². The van der Waals surface area contributed by atoms with Gasteiger partial charge in [0.2, 0.25) is 6.79 Å². The molecule has 1 fully saturated rings. The molecule has 2 aliphatic rings. The summed E-state index contributed by atoms with van der Waals surface area (Å²) in [5.41, 5.74) is 1.33. The van der Waals surface area contributed by atoms with Gasteiger partial charge >= 0.3 is 0 Å². The first-order chi connectivity index (χ1) is 9.43. The van der Waals surface area contributed by atoms with Gasteiger partial charge in [-0.15, -0.1) is 0 Å². The van der Waals surface area contributed by atoms with Gasteiger partial charge in [0, 0.05) is 26.2 Å². The smallest absolute Gasteiger partial charge is 0.229 e. The second-order valence-corrected chi connectivity index (χ2v) is 4.86. The highest BCUT2D eigenvalue weighted by Gasteiger charge is 2.28. The number of nitrogens with zero attached hydrogens (tertiary/aromatic N) is 2. The van der Waals surface area contributed by atoms with E-state index in [0.29, 0.717) is 6.79 Å². The summed E-state index contributed by atoms with van der Waals surface area (Å²) < 4.78 is 10.8. The Morgan fingerprint density at radius 1 is 1.16 bits per heavy atom. The molecular weight excluding hydrogens is 240 g/mol. The quantitative estimate of drug-likeness (QED) is 0.819. The minimum Gasteiger partial charge on any atom is -0.462 e. The molecule has 0 bridgehead atoms. The maximum atomic E-state index is 5.61. The topological polar surface area (TPSA) is 35.8 Å². The first-order valence-electron chi connectivity index (χ1n) is 6.79. The van der Waals surface area contributed by atoms with Crippen molar-refractivity contribution in [3.05, 3.63) is 47.9 Å². The van der Waals surface area contributed by atoms with E-state index in [1.54, 1.807) is 6.26 Å². The molecule has 101 valence electrons. The number of piperazine rings is 1. The monoisotopic (exact) mass is 259 g/mol. The minimum atomic E-state index is 0.264. The Bertz CT molecular complexity index is 427. The lowest BCUT2D eigenvalue weighted by molar-refractivity contribution is 0.0567. The molecule has 4 heteroatoms. The fraction of sp³-hybridized carbons (Fsp3) is 0.467. The summed E-state index contributed by atoms with van der Waals surface area (Å²) in [7, 11) is 0. The molecule has 0 spiro atoms. The van der Waals surface area contributed by atoms with Crippen LogP contribution in [0.3, 0.4) is 0 Å². The molecule has 0 aromatic heterocycles. The van der Waals surface area contributed by atoms with Crippen molar-refractivity contribution >= 4 is 0 Å². The van der Waals surface area contributed by atoms with E-state index in [9.17, 15) is 0 Å². The van der Waals surface area contributed by atoms with Gasteiger partial charge in [-0.2, -0.15) is 0 Å². The van der Waals surface area contributed by atoms with Crippen LogP contribution in [-0.4, -0.2) is 43.9 Å². The second-order valence-electron chi connectivity index (χ2n) is 4.86. The Morgan fingerprint density at radius 3 is 2.63 bits per heavy atom. The van der Waals surface area contributed by atoms with Gasteiger partial charge < -0.3 is 9.47 Å². The Labute approximate surface area is 114 Å². The van der Waals surface area contributed by atoms with Gasteiger partial charge in [-0.05, 0) is 12.0 Å². The van der Waals surface area contributed by atoms with Gasteiger partial charge in [0.1, 0.15) is 6.26 Å². The van der Waals surface area contributed by atoms with Crippen LogP contribution in [0.4, 0.5) is 0 Å². The third kappa shape index (κ3) is 3.08. The van der Waals surface area contributed by atoms with Crippen LogP contribution >= 0.6 is 0 Å². The van der Waals surface area contributed by atoms with Gasteiger partial charge in [0.05, 0.1) is 6.04 Å². The zero-order valence-corrected chi connectivity index (χ0v) is 11.0. The number of ether oxygens (including phenoxy) is 2. The molecule has 2 aliphatic heterocycles. The lowest BCUT2D eigenvalue weighted by Crippen LogP contribution is -2.47. The summed E-state index contributed by atoms with van der Waals surface area (Å²) in [6.45, 7) is 4.17. The molecule has 3 rings (SSSR count). The molecule has 1 aromatic carbocycles. The fourth-order valence-corrected chi connectivity index (χ4v) is 2.61. The largest absolute Gasteiger partial charge is 0.462 e. The second kappa shape index (κ2) is 6.08. The first kappa shape index (κ1) is 12.5. The summed E-state index contributed by atoms with van der Waals surface area (Å²) in [6, 6.07) is 10.8. The van der Waals surface area contributed by atoms with Gasteiger partial charge in [0.25, 0.3) is 0 Å². The lowest BCUT2D eigenvalue weighted by atomic mass is 10.0.